The van der Waals surface area contributed by atoms with Gasteiger partial charge in [0.2, 0.25) is 0 Å². The lowest BCUT2D eigenvalue weighted by atomic mass is 10.5. The van der Waals surface area contributed by atoms with E-state index in [0.717, 1.165) is 13.0 Å². The molecule has 66 valence electrons. The van der Waals surface area contributed by atoms with Gasteiger partial charge in [0.05, 0.1) is 0 Å². The predicted octanol–water partition coefficient (Wildman–Crippen LogP) is 2.46. The van der Waals surface area contributed by atoms with Crippen molar-refractivity contribution in [2.24, 2.45) is 0 Å². The van der Waals surface area contributed by atoms with Gasteiger partial charge in [-0.05, 0) is 18.9 Å². The van der Waals surface area contributed by atoms with Crippen molar-refractivity contribution in [2.75, 3.05) is 19.1 Å². The maximum absolute atomic E-state index is 9.12. The lowest BCUT2D eigenvalue weighted by molar-refractivity contribution is 0.618. The molecule has 0 aromatic heterocycles. The first-order valence-corrected chi connectivity index (χ1v) is 6.17. The summed E-state index contributed by atoms with van der Waals surface area (Å²) in [5.74, 6) is 0. The zero-order valence-electron chi connectivity index (χ0n) is 7.77. The van der Waals surface area contributed by atoms with E-state index in [9.17, 15) is 0 Å². The van der Waals surface area contributed by atoms with Gasteiger partial charge in [-0.15, -0.1) is 0 Å². The summed E-state index contributed by atoms with van der Waals surface area (Å²) in [4.78, 5) is 0. The summed E-state index contributed by atoms with van der Waals surface area (Å²) < 4.78 is 12.1. The first-order chi connectivity index (χ1) is 4.56. The van der Waals surface area contributed by atoms with Gasteiger partial charge in [-0.25, -0.2) is 0 Å². The fraction of sp³-hybridized carbons (Fsp3) is 1.00. The Kier molecular flexibility index (Phi) is 9.52. The second-order valence-corrected chi connectivity index (χ2v) is 5.00. The minimum Gasteiger partial charge on any atom is -0.339 e. The smallest absolute Gasteiger partial charge is 0.00598 e. The van der Waals surface area contributed by atoms with Gasteiger partial charge in [-0.3, -0.25) is 4.72 Å². The Hall–Kier alpha value is 0.270. The van der Waals surface area contributed by atoms with Crippen molar-refractivity contribution in [3.8, 4) is 0 Å². The quantitative estimate of drug-likeness (QED) is 0.677. The first-order valence-electron chi connectivity index (χ1n) is 3.76. The number of hydrogen-bond donors (Lipinski definition) is 2. The molecule has 0 fully saturated rings. The van der Waals surface area contributed by atoms with E-state index in [1.54, 1.807) is 0 Å². The van der Waals surface area contributed by atoms with Crippen LogP contribution < -0.4 is 4.72 Å². The van der Waals surface area contributed by atoms with Crippen LogP contribution in [-0.2, 0) is 0 Å². The molecule has 0 aromatic carbocycles. The molecule has 0 atom stereocenters. The summed E-state index contributed by atoms with van der Waals surface area (Å²) >= 11 is 0. The van der Waals surface area contributed by atoms with Crippen molar-refractivity contribution in [3.63, 3.8) is 0 Å². The van der Waals surface area contributed by atoms with Crippen LogP contribution in [0.3, 0.4) is 0 Å². The summed E-state index contributed by atoms with van der Waals surface area (Å²) in [6.07, 6.45) is 4.72. The normalized spacial score (nSPS) is 11.8. The third-order valence-corrected chi connectivity index (χ3v) is 1.62. The molecule has 0 bridgehead atoms. The van der Waals surface area contributed by atoms with Gasteiger partial charge in [-0.2, -0.15) is 0 Å². The maximum atomic E-state index is 9.12. The van der Waals surface area contributed by atoms with Gasteiger partial charge in [0, 0.05) is 6.54 Å². The molecule has 0 aromatic rings. The van der Waals surface area contributed by atoms with Crippen molar-refractivity contribution in [1.82, 2.24) is 4.72 Å². The van der Waals surface area contributed by atoms with Gasteiger partial charge >= 0.3 is 0 Å². The molecule has 0 rings (SSSR count). The molecule has 0 saturated carbocycles. The van der Waals surface area contributed by atoms with Crippen molar-refractivity contribution < 1.29 is 4.55 Å². The van der Waals surface area contributed by atoms with Gasteiger partial charge in [0.1, 0.15) is 0 Å². The highest BCUT2D eigenvalue weighted by Gasteiger charge is 2.00. The highest BCUT2D eigenvalue weighted by Crippen LogP contribution is 2.26. The zero-order valence-corrected chi connectivity index (χ0v) is 8.59. The van der Waals surface area contributed by atoms with E-state index in [1.807, 2.05) is 26.4 Å². The van der Waals surface area contributed by atoms with Crippen molar-refractivity contribution in [1.29, 1.82) is 0 Å². The summed E-state index contributed by atoms with van der Waals surface area (Å²) in [7, 11) is -1.44. The Morgan fingerprint density at radius 1 is 1.30 bits per heavy atom. The molecule has 3 heteroatoms. The molecule has 2 nitrogen and oxygen atoms in total. The third-order valence-electron chi connectivity index (χ3n) is 0.705. The molecule has 0 radical (unpaired) electrons. The molecule has 0 aliphatic carbocycles. The minimum absolute atomic E-state index is 0.916. The van der Waals surface area contributed by atoms with E-state index in [1.165, 1.54) is 0 Å². The van der Waals surface area contributed by atoms with E-state index in [-0.39, 0.29) is 0 Å². The topological polar surface area (TPSA) is 32.3 Å². The molecule has 0 heterocycles. The van der Waals surface area contributed by atoms with Gasteiger partial charge in [0.25, 0.3) is 0 Å². The van der Waals surface area contributed by atoms with Crippen LogP contribution >= 0.6 is 10.5 Å². The second-order valence-electron chi connectivity index (χ2n) is 2.17. The highest BCUT2D eigenvalue weighted by atomic mass is 32.3. The Balaban J connectivity index is 0. The van der Waals surface area contributed by atoms with Crippen LogP contribution in [-0.4, -0.2) is 23.6 Å². The van der Waals surface area contributed by atoms with Crippen molar-refractivity contribution in [3.05, 3.63) is 0 Å². The van der Waals surface area contributed by atoms with Gasteiger partial charge in [-0.1, -0.05) is 31.3 Å². The molecule has 0 aliphatic rings. The van der Waals surface area contributed by atoms with E-state index in [4.69, 9.17) is 4.55 Å². The molecule has 0 aliphatic heterocycles. The van der Waals surface area contributed by atoms with Crippen LogP contribution in [0.2, 0.25) is 0 Å². The van der Waals surface area contributed by atoms with Crippen LogP contribution in [0.25, 0.3) is 0 Å². The fourth-order valence-corrected chi connectivity index (χ4v) is 1.06. The van der Waals surface area contributed by atoms with Crippen molar-refractivity contribution in [2.45, 2.75) is 27.2 Å². The van der Waals surface area contributed by atoms with Crippen LogP contribution in [0, 0.1) is 0 Å². The van der Waals surface area contributed by atoms with Crippen LogP contribution in [0.15, 0.2) is 0 Å². The lowest BCUT2D eigenvalue weighted by Crippen LogP contribution is -2.18. The summed E-state index contributed by atoms with van der Waals surface area (Å²) in [6, 6.07) is 0. The van der Waals surface area contributed by atoms with Crippen molar-refractivity contribution >= 4 is 10.5 Å². The van der Waals surface area contributed by atoms with E-state index in [2.05, 4.69) is 11.6 Å². The van der Waals surface area contributed by atoms with E-state index < -0.39 is 10.5 Å². The maximum Gasteiger partial charge on any atom is 0.00598 e. The van der Waals surface area contributed by atoms with E-state index >= 15 is 0 Å². The third kappa shape index (κ3) is 15.7. The van der Waals surface area contributed by atoms with E-state index in [0.29, 0.717) is 0 Å². The zero-order chi connectivity index (χ0) is 8.62. The molecular formula is C7H21NOS. The molecule has 0 amide bonds. The first kappa shape index (κ1) is 12.9. The largest absolute Gasteiger partial charge is 0.339 e. The minimum atomic E-state index is -1.44. The molecule has 0 saturated heterocycles. The monoisotopic (exact) mass is 167 g/mol. The Bertz CT molecular complexity index is 61.1. The summed E-state index contributed by atoms with van der Waals surface area (Å²) in [6.45, 7) is 7.00. The lowest BCUT2D eigenvalue weighted by Gasteiger charge is -2.24. The van der Waals surface area contributed by atoms with Crippen LogP contribution in [0.4, 0.5) is 0 Å². The highest BCUT2D eigenvalue weighted by molar-refractivity contribution is 8.26. The Morgan fingerprint density at radius 2 is 1.70 bits per heavy atom. The Morgan fingerprint density at radius 3 is 1.80 bits per heavy atom. The summed E-state index contributed by atoms with van der Waals surface area (Å²) in [5.41, 5.74) is 0. The molecule has 0 spiro atoms. The molecular weight excluding hydrogens is 146 g/mol. The molecule has 2 N–H and O–H groups in total. The Labute approximate surface area is 66.7 Å². The average Bonchev–Trinajstić information content (AvgIpc) is 1.87. The molecule has 0 unspecified atom stereocenters. The number of rotatable bonds is 3. The van der Waals surface area contributed by atoms with Gasteiger partial charge < -0.3 is 4.55 Å². The van der Waals surface area contributed by atoms with Crippen LogP contribution in [0.5, 0.6) is 0 Å². The summed E-state index contributed by atoms with van der Waals surface area (Å²) in [5, 5.41) is 0. The average molecular weight is 167 g/mol. The van der Waals surface area contributed by atoms with Crippen LogP contribution in [0.1, 0.15) is 27.2 Å². The second kappa shape index (κ2) is 7.38. The SMILES string of the molecule is CC.CCCNS(C)(C)O. The predicted molar refractivity (Wildman–Crippen MR) is 51.7 cm³/mol. The fourth-order valence-electron chi connectivity index (χ4n) is 0.352. The number of nitrogens with one attached hydrogen (secondary N) is 1. The van der Waals surface area contributed by atoms with Gasteiger partial charge in [0.15, 0.2) is 0 Å². The standard InChI is InChI=1S/C5H15NOS.C2H6/c1-4-5-6-8(2,3)7;1-2/h6-7H,4-5H2,1-3H3;1-2H3. The molecule has 10 heavy (non-hydrogen) atoms. The number of hydrogen-bond acceptors (Lipinski definition) is 2.